The Labute approximate surface area is 128 Å². The van der Waals surface area contributed by atoms with Crippen LogP contribution in [0.15, 0.2) is 16.8 Å². The minimum Gasteiger partial charge on any atom is -0.396 e. The Morgan fingerprint density at radius 2 is 2.05 bits per heavy atom. The van der Waals surface area contributed by atoms with Gasteiger partial charge in [-0.15, -0.1) is 0 Å². The highest BCUT2D eigenvalue weighted by Crippen LogP contribution is 2.29. The second kappa shape index (κ2) is 5.45. The van der Waals surface area contributed by atoms with E-state index in [1.165, 1.54) is 12.1 Å². The van der Waals surface area contributed by atoms with Crippen molar-refractivity contribution in [2.45, 2.75) is 19.8 Å². The van der Waals surface area contributed by atoms with Crippen LogP contribution in [0.25, 0.3) is 11.2 Å². The van der Waals surface area contributed by atoms with Crippen molar-refractivity contribution in [2.24, 2.45) is 0 Å². The number of rotatable bonds is 3. The standard InChI is InChI=1S/C13H10ClF2N5O/c1-5-7(9(17)11-13(18-5)21-22-20-11)4-6-2-3-8(14)19-10(6)12(15)16/h2-3,12H,4,17H2,1H3. The molecule has 3 aromatic rings. The molecule has 0 atom stereocenters. The van der Waals surface area contributed by atoms with Crippen LogP contribution in [0, 0.1) is 6.92 Å². The maximum Gasteiger partial charge on any atom is 0.280 e. The van der Waals surface area contributed by atoms with E-state index in [0.29, 0.717) is 28.0 Å². The molecule has 3 rings (SSSR count). The molecular weight excluding hydrogens is 316 g/mol. The van der Waals surface area contributed by atoms with Crippen LogP contribution in [0.3, 0.4) is 0 Å². The third-order valence-corrected chi connectivity index (χ3v) is 3.52. The summed E-state index contributed by atoms with van der Waals surface area (Å²) in [5, 5.41) is 7.31. The molecule has 0 spiro atoms. The highest BCUT2D eigenvalue weighted by atomic mass is 35.5. The number of nitrogens with two attached hydrogens (primary N) is 1. The SMILES string of the molecule is Cc1nc2nonc2c(N)c1Cc1ccc(Cl)nc1C(F)F. The van der Waals surface area contributed by atoms with Crippen LogP contribution in [-0.4, -0.2) is 20.3 Å². The van der Waals surface area contributed by atoms with Gasteiger partial charge in [0.1, 0.15) is 10.8 Å². The number of pyridine rings is 2. The fraction of sp³-hybridized carbons (Fsp3) is 0.231. The first-order chi connectivity index (χ1) is 10.5. The number of aryl methyl sites for hydroxylation is 1. The third-order valence-electron chi connectivity index (χ3n) is 3.31. The molecule has 114 valence electrons. The lowest BCUT2D eigenvalue weighted by Gasteiger charge is -2.12. The molecule has 3 aromatic heterocycles. The highest BCUT2D eigenvalue weighted by Gasteiger charge is 2.20. The lowest BCUT2D eigenvalue weighted by molar-refractivity contribution is 0.145. The molecule has 0 unspecified atom stereocenters. The van der Waals surface area contributed by atoms with E-state index in [1.54, 1.807) is 6.92 Å². The molecule has 3 heterocycles. The number of hydrogen-bond acceptors (Lipinski definition) is 6. The summed E-state index contributed by atoms with van der Waals surface area (Å²) in [6.07, 6.45) is -2.60. The predicted octanol–water partition coefficient (Wildman–Crippen LogP) is 3.09. The van der Waals surface area contributed by atoms with Gasteiger partial charge < -0.3 is 5.73 Å². The minimum atomic E-state index is -2.74. The minimum absolute atomic E-state index is 0.0121. The van der Waals surface area contributed by atoms with E-state index in [1.807, 2.05) is 0 Å². The molecule has 0 bridgehead atoms. The zero-order chi connectivity index (χ0) is 15.9. The number of aromatic nitrogens is 4. The fourth-order valence-electron chi connectivity index (χ4n) is 2.22. The van der Waals surface area contributed by atoms with Crippen molar-refractivity contribution in [3.05, 3.63) is 39.8 Å². The second-order valence-corrected chi connectivity index (χ2v) is 5.07. The molecule has 22 heavy (non-hydrogen) atoms. The van der Waals surface area contributed by atoms with Crippen molar-refractivity contribution >= 4 is 28.5 Å². The Bertz CT molecular complexity index is 852. The van der Waals surface area contributed by atoms with Crippen molar-refractivity contribution < 1.29 is 13.4 Å². The van der Waals surface area contributed by atoms with Crippen LogP contribution in [0.1, 0.15) is 28.9 Å². The third kappa shape index (κ3) is 2.45. The topological polar surface area (TPSA) is 90.7 Å². The lowest BCUT2D eigenvalue weighted by atomic mass is 10.0. The molecule has 0 aliphatic heterocycles. The van der Waals surface area contributed by atoms with Crippen LogP contribution < -0.4 is 5.73 Å². The zero-order valence-corrected chi connectivity index (χ0v) is 12.1. The Hall–Kier alpha value is -2.35. The Morgan fingerprint density at radius 1 is 1.27 bits per heavy atom. The molecule has 0 saturated heterocycles. The molecule has 0 aromatic carbocycles. The molecule has 0 saturated carbocycles. The van der Waals surface area contributed by atoms with Gasteiger partial charge >= 0.3 is 0 Å². The maximum atomic E-state index is 13.1. The largest absolute Gasteiger partial charge is 0.396 e. The summed E-state index contributed by atoms with van der Waals surface area (Å²) in [6.45, 7) is 1.71. The fourth-order valence-corrected chi connectivity index (χ4v) is 2.38. The Kier molecular flexibility index (Phi) is 3.61. The number of fused-ring (bicyclic) bond motifs is 1. The van der Waals surface area contributed by atoms with Gasteiger partial charge in [-0.1, -0.05) is 17.7 Å². The van der Waals surface area contributed by atoms with E-state index in [-0.39, 0.29) is 22.9 Å². The number of alkyl halides is 2. The summed E-state index contributed by atoms with van der Waals surface area (Å²) >= 11 is 5.68. The van der Waals surface area contributed by atoms with Crippen LogP contribution in [-0.2, 0) is 6.42 Å². The Morgan fingerprint density at radius 3 is 2.77 bits per heavy atom. The summed E-state index contributed by atoms with van der Waals surface area (Å²) in [4.78, 5) is 7.89. The average Bonchev–Trinajstić information content (AvgIpc) is 2.92. The predicted molar refractivity (Wildman–Crippen MR) is 75.8 cm³/mol. The summed E-state index contributed by atoms with van der Waals surface area (Å²) in [5.41, 5.74) is 8.02. The van der Waals surface area contributed by atoms with Crippen molar-refractivity contribution in [1.29, 1.82) is 0 Å². The van der Waals surface area contributed by atoms with Gasteiger partial charge in [0.2, 0.25) is 5.65 Å². The molecule has 9 heteroatoms. The van der Waals surface area contributed by atoms with Crippen LogP contribution in [0.2, 0.25) is 5.15 Å². The smallest absolute Gasteiger partial charge is 0.280 e. The quantitative estimate of drug-likeness (QED) is 0.744. The molecule has 0 aliphatic carbocycles. The van der Waals surface area contributed by atoms with Crippen molar-refractivity contribution in [3.63, 3.8) is 0 Å². The van der Waals surface area contributed by atoms with Crippen LogP contribution in [0.5, 0.6) is 0 Å². The van der Waals surface area contributed by atoms with Crippen molar-refractivity contribution in [1.82, 2.24) is 20.3 Å². The highest BCUT2D eigenvalue weighted by molar-refractivity contribution is 6.29. The van der Waals surface area contributed by atoms with Gasteiger partial charge in [0.25, 0.3) is 6.43 Å². The molecule has 0 fully saturated rings. The van der Waals surface area contributed by atoms with E-state index < -0.39 is 6.43 Å². The second-order valence-electron chi connectivity index (χ2n) is 4.68. The first-order valence-corrected chi connectivity index (χ1v) is 6.66. The van der Waals surface area contributed by atoms with Gasteiger partial charge in [-0.05, 0) is 28.9 Å². The number of anilines is 1. The Balaban J connectivity index is 2.11. The van der Waals surface area contributed by atoms with Crippen molar-refractivity contribution in [3.8, 4) is 0 Å². The molecule has 0 radical (unpaired) electrons. The first kappa shape index (κ1) is 14.6. The van der Waals surface area contributed by atoms with E-state index in [0.717, 1.165) is 0 Å². The number of nitrogens with zero attached hydrogens (tertiary/aromatic N) is 4. The van der Waals surface area contributed by atoms with Crippen LogP contribution >= 0.6 is 11.6 Å². The lowest BCUT2D eigenvalue weighted by Crippen LogP contribution is -2.06. The first-order valence-electron chi connectivity index (χ1n) is 6.28. The maximum absolute atomic E-state index is 13.1. The molecule has 6 nitrogen and oxygen atoms in total. The van der Waals surface area contributed by atoms with E-state index in [2.05, 4.69) is 24.9 Å². The number of hydrogen-bond donors (Lipinski definition) is 1. The van der Waals surface area contributed by atoms with Gasteiger partial charge in [-0.3, -0.25) is 0 Å². The summed E-state index contributed by atoms with van der Waals surface area (Å²) in [6, 6.07) is 2.96. The van der Waals surface area contributed by atoms with Gasteiger partial charge in [-0.2, -0.15) is 0 Å². The molecule has 2 N–H and O–H groups in total. The number of halogens is 3. The average molecular weight is 326 g/mol. The van der Waals surface area contributed by atoms with Gasteiger partial charge in [0.15, 0.2) is 5.52 Å². The summed E-state index contributed by atoms with van der Waals surface area (Å²) < 4.78 is 30.8. The molecule has 0 amide bonds. The monoisotopic (exact) mass is 325 g/mol. The van der Waals surface area contributed by atoms with Crippen LogP contribution in [0.4, 0.5) is 14.5 Å². The summed E-state index contributed by atoms with van der Waals surface area (Å²) in [5.74, 6) is 0. The summed E-state index contributed by atoms with van der Waals surface area (Å²) in [7, 11) is 0. The van der Waals surface area contributed by atoms with Gasteiger partial charge in [0.05, 0.1) is 5.69 Å². The van der Waals surface area contributed by atoms with E-state index in [9.17, 15) is 8.78 Å². The van der Waals surface area contributed by atoms with Gasteiger partial charge in [-0.25, -0.2) is 23.4 Å². The number of nitrogen functional groups attached to an aromatic ring is 1. The zero-order valence-electron chi connectivity index (χ0n) is 11.3. The molecular formula is C13H10ClF2N5O. The van der Waals surface area contributed by atoms with E-state index in [4.69, 9.17) is 17.3 Å². The van der Waals surface area contributed by atoms with E-state index >= 15 is 0 Å². The normalized spacial score (nSPS) is 11.5. The molecule has 0 aliphatic rings. The van der Waals surface area contributed by atoms with Crippen molar-refractivity contribution in [2.75, 3.05) is 5.73 Å². The van der Waals surface area contributed by atoms with Gasteiger partial charge in [0, 0.05) is 17.7 Å².